The van der Waals surface area contributed by atoms with Crippen molar-refractivity contribution in [2.75, 3.05) is 7.05 Å². The third kappa shape index (κ3) is 4.42. The maximum Gasteiger partial charge on any atom is 0.0178 e. The monoisotopic (exact) mass is 345 g/mol. The van der Waals surface area contributed by atoms with Crippen molar-refractivity contribution in [1.82, 2.24) is 5.32 Å². The second-order valence-electron chi connectivity index (χ2n) is 5.90. The Kier molecular flexibility index (Phi) is 5.60. The zero-order chi connectivity index (χ0) is 15.4. The van der Waals surface area contributed by atoms with Gasteiger partial charge in [0.1, 0.15) is 0 Å². The summed E-state index contributed by atoms with van der Waals surface area (Å²) in [4.78, 5) is 0. The van der Waals surface area contributed by atoms with Crippen molar-refractivity contribution in [3.8, 4) is 0 Å². The summed E-state index contributed by atoms with van der Waals surface area (Å²) < 4.78 is 1.15. The summed E-state index contributed by atoms with van der Waals surface area (Å²) in [5.41, 5.74) is 7.01. The van der Waals surface area contributed by atoms with Gasteiger partial charge in [0.25, 0.3) is 0 Å². The minimum Gasteiger partial charge on any atom is -0.316 e. The number of rotatable bonds is 5. The van der Waals surface area contributed by atoms with Crippen LogP contribution in [0.1, 0.15) is 27.8 Å². The van der Waals surface area contributed by atoms with Gasteiger partial charge in [-0.2, -0.15) is 0 Å². The van der Waals surface area contributed by atoms with Gasteiger partial charge in [0.2, 0.25) is 0 Å². The Morgan fingerprint density at radius 3 is 2.24 bits per heavy atom. The molecular formula is C19H24BrN. The van der Waals surface area contributed by atoms with Crippen LogP contribution in [0.5, 0.6) is 0 Å². The van der Waals surface area contributed by atoms with Crippen molar-refractivity contribution in [3.05, 3.63) is 68.7 Å². The molecule has 0 saturated heterocycles. The van der Waals surface area contributed by atoms with Crippen LogP contribution in [0.4, 0.5) is 0 Å². The standard InChI is InChI=1S/C19H24BrN/c1-13-8-14(2)19(15(3)9-13)12-18(21-4)11-16-6-5-7-17(20)10-16/h5-10,18,21H,11-12H2,1-4H3. The third-order valence-corrected chi connectivity index (χ3v) is 4.56. The van der Waals surface area contributed by atoms with Crippen LogP contribution >= 0.6 is 15.9 Å². The Hall–Kier alpha value is -1.12. The van der Waals surface area contributed by atoms with Crippen molar-refractivity contribution in [1.29, 1.82) is 0 Å². The van der Waals surface area contributed by atoms with Crippen LogP contribution in [0.15, 0.2) is 40.9 Å². The van der Waals surface area contributed by atoms with E-state index < -0.39 is 0 Å². The van der Waals surface area contributed by atoms with Gasteiger partial charge in [-0.3, -0.25) is 0 Å². The van der Waals surface area contributed by atoms with Gasteiger partial charge in [0, 0.05) is 10.5 Å². The van der Waals surface area contributed by atoms with Crippen LogP contribution in [0.2, 0.25) is 0 Å². The lowest BCUT2D eigenvalue weighted by molar-refractivity contribution is 0.554. The highest BCUT2D eigenvalue weighted by atomic mass is 79.9. The number of nitrogens with one attached hydrogen (secondary N) is 1. The number of halogens is 1. The van der Waals surface area contributed by atoms with Crippen molar-refractivity contribution in [3.63, 3.8) is 0 Å². The van der Waals surface area contributed by atoms with Gasteiger partial charge in [0.05, 0.1) is 0 Å². The zero-order valence-corrected chi connectivity index (χ0v) is 14.9. The van der Waals surface area contributed by atoms with Crippen LogP contribution in [0.25, 0.3) is 0 Å². The molecule has 2 heteroatoms. The minimum atomic E-state index is 0.458. The molecule has 0 radical (unpaired) electrons. The summed E-state index contributed by atoms with van der Waals surface area (Å²) in [5, 5.41) is 3.47. The van der Waals surface area contributed by atoms with Crippen molar-refractivity contribution in [2.45, 2.75) is 39.7 Å². The maximum atomic E-state index is 3.55. The predicted molar refractivity (Wildman–Crippen MR) is 95.1 cm³/mol. The summed E-state index contributed by atoms with van der Waals surface area (Å²) >= 11 is 3.55. The molecule has 1 atom stereocenters. The molecule has 0 amide bonds. The first-order valence-electron chi connectivity index (χ1n) is 7.48. The van der Waals surface area contributed by atoms with Crippen LogP contribution < -0.4 is 5.32 Å². The van der Waals surface area contributed by atoms with Crippen molar-refractivity contribution < 1.29 is 0 Å². The Morgan fingerprint density at radius 2 is 1.67 bits per heavy atom. The Balaban J connectivity index is 2.16. The molecule has 1 nitrogen and oxygen atoms in total. The average Bonchev–Trinajstić information content (AvgIpc) is 2.41. The molecule has 0 aliphatic heterocycles. The van der Waals surface area contributed by atoms with Crippen molar-refractivity contribution in [2.24, 2.45) is 0 Å². The molecule has 2 rings (SSSR count). The number of hydrogen-bond donors (Lipinski definition) is 1. The highest BCUT2D eigenvalue weighted by molar-refractivity contribution is 9.10. The lowest BCUT2D eigenvalue weighted by Crippen LogP contribution is -2.30. The number of aryl methyl sites for hydroxylation is 3. The molecule has 1 unspecified atom stereocenters. The number of benzene rings is 2. The van der Waals surface area contributed by atoms with Crippen LogP contribution in [0, 0.1) is 20.8 Å². The lowest BCUT2D eigenvalue weighted by Gasteiger charge is -2.20. The molecule has 2 aromatic rings. The fourth-order valence-corrected chi connectivity index (χ4v) is 3.45. The second kappa shape index (κ2) is 7.24. The molecule has 0 aromatic heterocycles. The fraction of sp³-hybridized carbons (Fsp3) is 0.368. The minimum absolute atomic E-state index is 0.458. The van der Waals surface area contributed by atoms with E-state index in [-0.39, 0.29) is 0 Å². The van der Waals surface area contributed by atoms with Gasteiger partial charge in [-0.25, -0.2) is 0 Å². The van der Waals surface area contributed by atoms with Crippen LogP contribution in [0.3, 0.4) is 0 Å². The summed E-state index contributed by atoms with van der Waals surface area (Å²) in [6.45, 7) is 6.61. The normalized spacial score (nSPS) is 12.4. The average molecular weight is 346 g/mol. The summed E-state index contributed by atoms with van der Waals surface area (Å²) in [6, 6.07) is 13.6. The van der Waals surface area contributed by atoms with E-state index in [1.807, 2.05) is 0 Å². The Morgan fingerprint density at radius 1 is 1.00 bits per heavy atom. The molecule has 0 fully saturated rings. The van der Waals surface area contributed by atoms with E-state index in [1.54, 1.807) is 0 Å². The first-order chi connectivity index (χ1) is 9.99. The van der Waals surface area contributed by atoms with E-state index in [2.05, 4.69) is 85.5 Å². The van der Waals surface area contributed by atoms with Gasteiger partial charge >= 0.3 is 0 Å². The fourth-order valence-electron chi connectivity index (χ4n) is 3.00. The summed E-state index contributed by atoms with van der Waals surface area (Å²) in [7, 11) is 2.06. The molecule has 2 aromatic carbocycles. The first-order valence-corrected chi connectivity index (χ1v) is 8.27. The quantitative estimate of drug-likeness (QED) is 0.824. The molecule has 0 aliphatic rings. The SMILES string of the molecule is CNC(Cc1cccc(Br)c1)Cc1c(C)cc(C)cc1C. The van der Waals surface area contributed by atoms with E-state index in [9.17, 15) is 0 Å². The van der Waals surface area contributed by atoms with Crippen LogP contribution in [-0.4, -0.2) is 13.1 Å². The molecule has 0 bridgehead atoms. The van der Waals surface area contributed by atoms with Gasteiger partial charge in [-0.05, 0) is 75.0 Å². The summed E-state index contributed by atoms with van der Waals surface area (Å²) in [5.74, 6) is 0. The van der Waals surface area contributed by atoms with Gasteiger partial charge in [0.15, 0.2) is 0 Å². The molecule has 1 N–H and O–H groups in total. The van der Waals surface area contributed by atoms with Crippen molar-refractivity contribution >= 4 is 15.9 Å². The maximum absolute atomic E-state index is 3.55. The van der Waals surface area contributed by atoms with E-state index in [4.69, 9.17) is 0 Å². The molecular weight excluding hydrogens is 322 g/mol. The Labute approximate surface area is 136 Å². The smallest absolute Gasteiger partial charge is 0.0178 e. The second-order valence-corrected chi connectivity index (χ2v) is 6.82. The van der Waals surface area contributed by atoms with Crippen LogP contribution in [-0.2, 0) is 12.8 Å². The van der Waals surface area contributed by atoms with E-state index >= 15 is 0 Å². The Bertz CT molecular complexity index is 596. The predicted octanol–water partition coefficient (Wildman–Crippen LogP) is 4.75. The van der Waals surface area contributed by atoms with Gasteiger partial charge in [-0.15, -0.1) is 0 Å². The first kappa shape index (κ1) is 16.3. The van der Waals surface area contributed by atoms with E-state index in [1.165, 1.54) is 27.8 Å². The number of likely N-dealkylation sites (N-methyl/N-ethyl adjacent to an activating group) is 1. The molecule has 21 heavy (non-hydrogen) atoms. The molecule has 112 valence electrons. The summed E-state index contributed by atoms with van der Waals surface area (Å²) in [6.07, 6.45) is 2.11. The van der Waals surface area contributed by atoms with Gasteiger partial charge < -0.3 is 5.32 Å². The molecule has 0 spiro atoms. The molecule has 0 aliphatic carbocycles. The highest BCUT2D eigenvalue weighted by Gasteiger charge is 2.12. The van der Waals surface area contributed by atoms with E-state index in [0.29, 0.717) is 6.04 Å². The zero-order valence-electron chi connectivity index (χ0n) is 13.3. The topological polar surface area (TPSA) is 12.0 Å². The molecule has 0 saturated carbocycles. The van der Waals surface area contributed by atoms with E-state index in [0.717, 1.165) is 17.3 Å². The number of hydrogen-bond acceptors (Lipinski definition) is 1. The molecule has 0 heterocycles. The largest absolute Gasteiger partial charge is 0.316 e. The van der Waals surface area contributed by atoms with Gasteiger partial charge in [-0.1, -0.05) is 45.8 Å². The highest BCUT2D eigenvalue weighted by Crippen LogP contribution is 2.20. The third-order valence-electron chi connectivity index (χ3n) is 4.07. The lowest BCUT2D eigenvalue weighted by atomic mass is 9.92.